The summed E-state index contributed by atoms with van der Waals surface area (Å²) in [6.45, 7) is 0.507. The summed E-state index contributed by atoms with van der Waals surface area (Å²) in [5, 5.41) is 13.4. The predicted octanol–water partition coefficient (Wildman–Crippen LogP) is 5.18. The molecule has 0 radical (unpaired) electrons. The third kappa shape index (κ3) is 3.19. The van der Waals surface area contributed by atoms with Gasteiger partial charge < -0.3 is 10.4 Å². The molecule has 0 aromatic heterocycles. The summed E-state index contributed by atoms with van der Waals surface area (Å²) in [4.78, 5) is 0. The minimum Gasteiger partial charge on any atom is -0.506 e. The second kappa shape index (κ2) is 5.95. The zero-order valence-electron chi connectivity index (χ0n) is 9.25. The second-order valence-corrected chi connectivity index (χ2v) is 5.90. The fourth-order valence-electron chi connectivity index (χ4n) is 1.53. The van der Waals surface area contributed by atoms with E-state index in [9.17, 15) is 5.11 Å². The van der Waals surface area contributed by atoms with Crippen molar-refractivity contribution >= 4 is 49.1 Å². The van der Waals surface area contributed by atoms with Crippen LogP contribution >= 0.6 is 43.5 Å². The van der Waals surface area contributed by atoms with Crippen LogP contribution in [0.4, 0.5) is 5.69 Å². The van der Waals surface area contributed by atoms with Gasteiger partial charge in [-0.05, 0) is 40.2 Å². The zero-order chi connectivity index (χ0) is 13.1. The van der Waals surface area contributed by atoms with Crippen molar-refractivity contribution in [1.82, 2.24) is 0 Å². The Morgan fingerprint density at radius 3 is 2.67 bits per heavy atom. The molecule has 2 rings (SSSR count). The van der Waals surface area contributed by atoms with Crippen LogP contribution in [-0.4, -0.2) is 5.11 Å². The minimum atomic E-state index is 0.125. The molecule has 94 valence electrons. The summed E-state index contributed by atoms with van der Waals surface area (Å²) in [5.74, 6) is 0.125. The molecule has 0 spiro atoms. The van der Waals surface area contributed by atoms with Gasteiger partial charge in [0.25, 0.3) is 0 Å². The number of rotatable bonds is 3. The molecule has 0 aliphatic rings. The van der Waals surface area contributed by atoms with Crippen molar-refractivity contribution in [3.8, 4) is 5.75 Å². The lowest BCUT2D eigenvalue weighted by Gasteiger charge is -2.10. The first-order valence-electron chi connectivity index (χ1n) is 5.23. The lowest BCUT2D eigenvalue weighted by atomic mass is 10.2. The van der Waals surface area contributed by atoms with E-state index in [1.165, 1.54) is 0 Å². The number of anilines is 1. The number of benzene rings is 2. The van der Waals surface area contributed by atoms with Crippen molar-refractivity contribution < 1.29 is 5.11 Å². The first-order valence-corrected chi connectivity index (χ1v) is 7.19. The Bertz CT molecular complexity index is 575. The maximum absolute atomic E-state index is 9.80. The Morgan fingerprint density at radius 1 is 1.17 bits per heavy atom. The van der Waals surface area contributed by atoms with E-state index in [4.69, 9.17) is 11.6 Å². The molecule has 2 aromatic rings. The number of hydrogen-bond acceptors (Lipinski definition) is 2. The van der Waals surface area contributed by atoms with Crippen LogP contribution in [0.25, 0.3) is 0 Å². The van der Waals surface area contributed by atoms with Gasteiger partial charge in [-0.25, -0.2) is 0 Å². The molecule has 0 bridgehead atoms. The number of phenolic OH excluding ortho intramolecular Hbond substituents is 1. The molecule has 0 saturated heterocycles. The van der Waals surface area contributed by atoms with Gasteiger partial charge in [-0.1, -0.05) is 39.7 Å². The monoisotopic (exact) mass is 389 g/mol. The predicted molar refractivity (Wildman–Crippen MR) is 82.3 cm³/mol. The van der Waals surface area contributed by atoms with Gasteiger partial charge >= 0.3 is 0 Å². The van der Waals surface area contributed by atoms with Gasteiger partial charge in [-0.2, -0.15) is 0 Å². The zero-order valence-corrected chi connectivity index (χ0v) is 13.2. The highest BCUT2D eigenvalue weighted by Crippen LogP contribution is 2.30. The number of para-hydroxylation sites is 1. The topological polar surface area (TPSA) is 32.3 Å². The van der Waals surface area contributed by atoms with E-state index < -0.39 is 0 Å². The Hall–Kier alpha value is -0.710. The van der Waals surface area contributed by atoms with E-state index in [0.717, 1.165) is 20.2 Å². The fourth-order valence-corrected chi connectivity index (χ4v) is 2.91. The fraction of sp³-hybridized carbons (Fsp3) is 0.0769. The molecule has 2 N–H and O–H groups in total. The van der Waals surface area contributed by atoms with Gasteiger partial charge in [0.1, 0.15) is 5.75 Å². The summed E-state index contributed by atoms with van der Waals surface area (Å²) in [5.41, 5.74) is 1.72. The highest BCUT2D eigenvalue weighted by Gasteiger charge is 2.06. The van der Waals surface area contributed by atoms with Crippen molar-refractivity contribution in [1.29, 1.82) is 0 Å². The van der Waals surface area contributed by atoms with Crippen molar-refractivity contribution in [2.75, 3.05) is 5.32 Å². The molecular formula is C13H10Br2ClNO. The molecule has 0 fully saturated rings. The van der Waals surface area contributed by atoms with Gasteiger partial charge in [0.2, 0.25) is 0 Å². The number of phenols is 1. The number of aromatic hydroxyl groups is 1. The second-order valence-electron chi connectivity index (χ2n) is 3.73. The number of hydrogen-bond donors (Lipinski definition) is 2. The Labute approximate surface area is 127 Å². The summed E-state index contributed by atoms with van der Waals surface area (Å²) in [6.07, 6.45) is 0. The van der Waals surface area contributed by atoms with E-state index in [1.807, 2.05) is 30.3 Å². The Balaban J connectivity index is 2.14. The van der Waals surface area contributed by atoms with Crippen molar-refractivity contribution in [3.05, 3.63) is 55.9 Å². The van der Waals surface area contributed by atoms with Gasteiger partial charge in [-0.15, -0.1) is 0 Å². The van der Waals surface area contributed by atoms with Crippen molar-refractivity contribution in [2.24, 2.45) is 0 Å². The first kappa shape index (κ1) is 13.7. The molecule has 0 saturated carbocycles. The van der Waals surface area contributed by atoms with Crippen molar-refractivity contribution in [3.63, 3.8) is 0 Å². The molecule has 2 aromatic carbocycles. The largest absolute Gasteiger partial charge is 0.506 e. The summed E-state index contributed by atoms with van der Waals surface area (Å²) in [6, 6.07) is 11.2. The van der Waals surface area contributed by atoms with E-state index >= 15 is 0 Å². The van der Waals surface area contributed by atoms with Crippen LogP contribution in [0.15, 0.2) is 45.3 Å². The van der Waals surface area contributed by atoms with Crippen LogP contribution in [0.3, 0.4) is 0 Å². The summed E-state index contributed by atoms with van der Waals surface area (Å²) in [7, 11) is 0. The average molecular weight is 391 g/mol. The molecule has 0 aliphatic carbocycles. The van der Waals surface area contributed by atoms with E-state index in [1.54, 1.807) is 6.07 Å². The Morgan fingerprint density at radius 2 is 1.94 bits per heavy atom. The molecule has 0 amide bonds. The third-order valence-corrected chi connectivity index (χ3v) is 3.93. The van der Waals surface area contributed by atoms with Crippen molar-refractivity contribution in [2.45, 2.75) is 6.54 Å². The lowest BCUT2D eigenvalue weighted by Crippen LogP contribution is -2.00. The van der Waals surface area contributed by atoms with Crippen LogP contribution < -0.4 is 5.32 Å². The molecule has 0 heterocycles. The Kier molecular flexibility index (Phi) is 4.54. The van der Waals surface area contributed by atoms with Crippen LogP contribution in [-0.2, 0) is 6.54 Å². The van der Waals surface area contributed by atoms with Crippen LogP contribution in [0.5, 0.6) is 5.75 Å². The molecule has 0 atom stereocenters. The van der Waals surface area contributed by atoms with Crippen LogP contribution in [0.1, 0.15) is 5.56 Å². The maximum Gasteiger partial charge on any atom is 0.139 e. The third-order valence-electron chi connectivity index (χ3n) is 2.47. The highest BCUT2D eigenvalue weighted by atomic mass is 79.9. The summed E-state index contributed by atoms with van der Waals surface area (Å²) >= 11 is 12.7. The molecule has 0 unspecified atom stereocenters. The van der Waals surface area contributed by atoms with E-state index in [-0.39, 0.29) is 5.75 Å². The quantitative estimate of drug-likeness (QED) is 0.755. The minimum absolute atomic E-state index is 0.125. The van der Waals surface area contributed by atoms with Gasteiger partial charge in [0, 0.05) is 26.7 Å². The smallest absolute Gasteiger partial charge is 0.139 e. The van der Waals surface area contributed by atoms with E-state index in [2.05, 4.69) is 37.2 Å². The van der Waals surface area contributed by atoms with Crippen LogP contribution in [0, 0.1) is 0 Å². The average Bonchev–Trinajstić information content (AvgIpc) is 2.33. The first-order chi connectivity index (χ1) is 8.58. The van der Waals surface area contributed by atoms with Crippen LogP contribution in [0.2, 0.25) is 5.02 Å². The summed E-state index contributed by atoms with van der Waals surface area (Å²) < 4.78 is 1.96. The van der Waals surface area contributed by atoms with Gasteiger partial charge in [0.15, 0.2) is 0 Å². The van der Waals surface area contributed by atoms with E-state index in [0.29, 0.717) is 11.6 Å². The molecule has 0 aliphatic heterocycles. The lowest BCUT2D eigenvalue weighted by molar-refractivity contribution is 0.469. The van der Waals surface area contributed by atoms with Gasteiger partial charge in [-0.3, -0.25) is 0 Å². The molecular weight excluding hydrogens is 381 g/mol. The highest BCUT2D eigenvalue weighted by molar-refractivity contribution is 9.11. The maximum atomic E-state index is 9.80. The van der Waals surface area contributed by atoms with Gasteiger partial charge in [0.05, 0.1) is 5.02 Å². The number of nitrogens with one attached hydrogen (secondary N) is 1. The standard InChI is InChI=1S/C13H10Br2ClNO/c14-9-4-5-12(10(15)6-9)17-7-8-2-1-3-11(16)13(8)18/h1-6,17-18H,7H2. The molecule has 2 nitrogen and oxygen atoms in total. The molecule has 18 heavy (non-hydrogen) atoms. The molecule has 5 heteroatoms. The number of halogens is 3. The SMILES string of the molecule is Oc1c(Cl)cccc1CNc1ccc(Br)cc1Br. The normalized spacial score (nSPS) is 10.4.